The van der Waals surface area contributed by atoms with Crippen molar-refractivity contribution < 1.29 is 0 Å². The molecular weight excluding hydrogens is 462 g/mol. The lowest BCUT2D eigenvalue weighted by Gasteiger charge is -2.10. The van der Waals surface area contributed by atoms with Crippen LogP contribution in [0.5, 0.6) is 0 Å². The molecule has 0 amide bonds. The lowest BCUT2D eigenvalue weighted by Crippen LogP contribution is -2.24. The van der Waals surface area contributed by atoms with Gasteiger partial charge in [-0.1, -0.05) is 67.4 Å². The number of H-pyrrole nitrogens is 1. The number of imidazole rings is 1. The number of nitrogens with zero attached hydrogens (tertiary/aromatic N) is 6. The van der Waals surface area contributed by atoms with E-state index in [0.717, 1.165) is 52.9 Å². The number of nitrogens with one attached hydrogen (secondary N) is 1. The average molecular weight is 486 g/mol. The number of aromatic amines is 1. The summed E-state index contributed by atoms with van der Waals surface area (Å²) in [4.78, 5) is 17.7. The van der Waals surface area contributed by atoms with Crippen LogP contribution in [0.15, 0.2) is 77.9 Å². The largest absolute Gasteiger partial charge is 0.334 e. The molecule has 5 rings (SSSR count). The molecule has 3 aromatic heterocycles. The van der Waals surface area contributed by atoms with E-state index in [-0.39, 0.29) is 5.69 Å². The smallest absolute Gasteiger partial charge is 0.290 e. The van der Waals surface area contributed by atoms with Gasteiger partial charge in [0, 0.05) is 18.0 Å². The van der Waals surface area contributed by atoms with Gasteiger partial charge in [0.15, 0.2) is 0 Å². The van der Waals surface area contributed by atoms with Crippen LogP contribution in [-0.2, 0) is 13.0 Å². The summed E-state index contributed by atoms with van der Waals surface area (Å²) in [5.41, 5.74) is 5.23. The van der Waals surface area contributed by atoms with Gasteiger partial charge in [0.05, 0.1) is 17.9 Å². The predicted molar refractivity (Wildman–Crippen MR) is 136 cm³/mol. The average Bonchev–Trinajstić information content (AvgIpc) is 3.51. The molecule has 0 radical (unpaired) electrons. The third kappa shape index (κ3) is 4.52. The molecule has 0 fully saturated rings. The Balaban J connectivity index is 1.49. The number of hydrogen-bond acceptors (Lipinski definition) is 5. The van der Waals surface area contributed by atoms with Gasteiger partial charge in [-0.15, -0.1) is 10.2 Å². The first-order valence-electron chi connectivity index (χ1n) is 11.5. The molecular formula is C26H24ClN7O. The van der Waals surface area contributed by atoms with Crippen molar-refractivity contribution in [2.24, 2.45) is 0 Å². The van der Waals surface area contributed by atoms with Crippen molar-refractivity contribution in [3.8, 4) is 28.2 Å². The molecule has 35 heavy (non-hydrogen) atoms. The maximum absolute atomic E-state index is 13.5. The Labute approximate surface area is 207 Å². The maximum Gasteiger partial charge on any atom is 0.334 e. The molecule has 0 atom stereocenters. The van der Waals surface area contributed by atoms with E-state index in [9.17, 15) is 4.79 Å². The Hall–Kier alpha value is -4.04. The van der Waals surface area contributed by atoms with Crippen LogP contribution in [0.2, 0.25) is 5.15 Å². The molecule has 176 valence electrons. The third-order valence-corrected chi connectivity index (χ3v) is 6.36. The fourth-order valence-electron chi connectivity index (χ4n) is 4.18. The van der Waals surface area contributed by atoms with E-state index in [2.05, 4.69) is 32.5 Å². The van der Waals surface area contributed by atoms with Crippen molar-refractivity contribution in [2.45, 2.75) is 32.7 Å². The second-order valence-corrected chi connectivity index (χ2v) is 8.59. The maximum atomic E-state index is 13.5. The second-order valence-electron chi connectivity index (χ2n) is 8.23. The number of hydrogen-bond donors (Lipinski definition) is 1. The Kier molecular flexibility index (Phi) is 6.54. The number of pyridine rings is 1. The van der Waals surface area contributed by atoms with Crippen LogP contribution in [-0.4, -0.2) is 34.7 Å². The van der Waals surface area contributed by atoms with Gasteiger partial charge in [0.25, 0.3) is 0 Å². The molecule has 0 aliphatic carbocycles. The summed E-state index contributed by atoms with van der Waals surface area (Å²) in [7, 11) is 0. The molecule has 0 aliphatic heterocycles. The number of benzene rings is 2. The zero-order valence-corrected chi connectivity index (χ0v) is 20.0. The summed E-state index contributed by atoms with van der Waals surface area (Å²) in [5.74, 6) is 0.487. The number of rotatable bonds is 8. The van der Waals surface area contributed by atoms with Gasteiger partial charge in [-0.25, -0.2) is 4.79 Å². The fourth-order valence-corrected chi connectivity index (χ4v) is 4.55. The minimum absolute atomic E-state index is 0.134. The first kappa shape index (κ1) is 22.7. The number of para-hydroxylation sites is 1. The van der Waals surface area contributed by atoms with Crippen molar-refractivity contribution in [1.82, 2.24) is 34.7 Å². The van der Waals surface area contributed by atoms with Crippen LogP contribution < -0.4 is 5.69 Å². The highest BCUT2D eigenvalue weighted by molar-refractivity contribution is 6.30. The summed E-state index contributed by atoms with van der Waals surface area (Å²) in [6, 6.07) is 19.6. The quantitative estimate of drug-likeness (QED) is 0.336. The lowest BCUT2D eigenvalue weighted by atomic mass is 10.00. The van der Waals surface area contributed by atoms with Gasteiger partial charge in [-0.3, -0.25) is 14.1 Å². The Morgan fingerprint density at radius 2 is 1.80 bits per heavy atom. The number of tetrazole rings is 1. The number of aromatic nitrogens is 7. The van der Waals surface area contributed by atoms with Gasteiger partial charge in [0.1, 0.15) is 5.15 Å². The van der Waals surface area contributed by atoms with Crippen molar-refractivity contribution in [3.05, 3.63) is 100.0 Å². The summed E-state index contributed by atoms with van der Waals surface area (Å²) >= 11 is 6.76. The summed E-state index contributed by atoms with van der Waals surface area (Å²) in [5, 5.41) is 14.8. The molecule has 0 bridgehead atoms. The topological polar surface area (TPSA) is 94.3 Å². The molecule has 0 saturated heterocycles. The third-order valence-electron chi connectivity index (χ3n) is 5.98. The molecule has 0 unspecified atom stereocenters. The zero-order chi connectivity index (χ0) is 24.2. The summed E-state index contributed by atoms with van der Waals surface area (Å²) in [6.07, 6.45) is 6.18. The fraction of sp³-hybridized carbons (Fsp3) is 0.192. The molecule has 8 nitrogen and oxygen atoms in total. The molecule has 1 N–H and O–H groups in total. The van der Waals surface area contributed by atoms with Gasteiger partial charge < -0.3 is 0 Å². The summed E-state index contributed by atoms with van der Waals surface area (Å²) in [6.45, 7) is 2.57. The van der Waals surface area contributed by atoms with E-state index in [0.29, 0.717) is 17.5 Å². The molecule has 0 aliphatic rings. The van der Waals surface area contributed by atoms with Crippen LogP contribution >= 0.6 is 11.6 Å². The van der Waals surface area contributed by atoms with Gasteiger partial charge in [-0.2, -0.15) is 5.21 Å². The molecule has 0 spiro atoms. The summed E-state index contributed by atoms with van der Waals surface area (Å²) < 4.78 is 3.38. The highest BCUT2D eigenvalue weighted by atomic mass is 35.5. The standard InChI is InChI=1S/C26H24ClN7O/c1-2-3-9-23-24(27)34(20-7-5-4-6-8-20)26(35)33(23)17-18-10-12-19(13-11-18)21-14-15-28-16-22(21)25-29-31-32-30-25/h4-8,10-16H,2-3,9,17H2,1H3,(H,29,30,31,32). The van der Waals surface area contributed by atoms with Gasteiger partial charge >= 0.3 is 5.69 Å². The van der Waals surface area contributed by atoms with Crippen LogP contribution in [0.1, 0.15) is 31.0 Å². The first-order valence-corrected chi connectivity index (χ1v) is 11.9. The molecule has 3 heterocycles. The van der Waals surface area contributed by atoms with E-state index in [4.69, 9.17) is 11.6 Å². The first-order chi connectivity index (χ1) is 17.2. The van der Waals surface area contributed by atoms with Crippen molar-refractivity contribution in [1.29, 1.82) is 0 Å². The van der Waals surface area contributed by atoms with Crippen molar-refractivity contribution >= 4 is 11.6 Å². The van der Waals surface area contributed by atoms with Crippen molar-refractivity contribution in [3.63, 3.8) is 0 Å². The second kappa shape index (κ2) is 10.1. The highest BCUT2D eigenvalue weighted by Gasteiger charge is 2.19. The van der Waals surface area contributed by atoms with Gasteiger partial charge in [0.2, 0.25) is 5.82 Å². The predicted octanol–water partition coefficient (Wildman–Crippen LogP) is 4.93. The zero-order valence-electron chi connectivity index (χ0n) is 19.2. The Morgan fingerprint density at radius 3 is 2.51 bits per heavy atom. The minimum Gasteiger partial charge on any atom is -0.290 e. The van der Waals surface area contributed by atoms with Crippen LogP contribution in [0, 0.1) is 0 Å². The van der Waals surface area contributed by atoms with Crippen LogP contribution in [0.25, 0.3) is 28.2 Å². The van der Waals surface area contributed by atoms with Crippen LogP contribution in [0.4, 0.5) is 0 Å². The van der Waals surface area contributed by atoms with E-state index in [1.54, 1.807) is 21.5 Å². The molecule has 0 saturated carbocycles. The van der Waals surface area contributed by atoms with Gasteiger partial charge in [-0.05, 0) is 52.9 Å². The van der Waals surface area contributed by atoms with Crippen LogP contribution in [0.3, 0.4) is 0 Å². The Bertz CT molecular complexity index is 1470. The Morgan fingerprint density at radius 1 is 1.00 bits per heavy atom. The van der Waals surface area contributed by atoms with Crippen molar-refractivity contribution in [2.75, 3.05) is 0 Å². The normalized spacial score (nSPS) is 11.1. The lowest BCUT2D eigenvalue weighted by molar-refractivity contribution is 0.674. The van der Waals surface area contributed by atoms with E-state index < -0.39 is 0 Å². The number of halogens is 1. The molecule has 9 heteroatoms. The number of unbranched alkanes of at least 4 members (excludes halogenated alkanes) is 1. The van der Waals surface area contributed by atoms with E-state index in [1.807, 2.05) is 60.7 Å². The molecule has 2 aromatic carbocycles. The SMILES string of the molecule is CCCCc1c(Cl)n(-c2ccccc2)c(=O)n1Cc1ccc(-c2ccncc2-c2nn[nH]n2)cc1. The van der Waals surface area contributed by atoms with E-state index >= 15 is 0 Å². The monoisotopic (exact) mass is 485 g/mol. The highest BCUT2D eigenvalue weighted by Crippen LogP contribution is 2.29. The molecule has 5 aromatic rings. The minimum atomic E-state index is -0.134. The van der Waals surface area contributed by atoms with E-state index in [1.165, 1.54) is 0 Å².